The molecule has 0 saturated carbocycles. The summed E-state index contributed by atoms with van der Waals surface area (Å²) in [6.45, 7) is 6.53. The summed E-state index contributed by atoms with van der Waals surface area (Å²) in [5, 5.41) is 2.84. The fourth-order valence-corrected chi connectivity index (χ4v) is 6.43. The van der Waals surface area contributed by atoms with Gasteiger partial charge in [0, 0.05) is 24.4 Å². The molecular weight excluding hydrogens is 457 g/mol. The Bertz CT molecular complexity index is 1080. The predicted molar refractivity (Wildman–Crippen MR) is 137 cm³/mol. The number of ether oxygens (including phenoxy) is 1. The van der Waals surface area contributed by atoms with E-state index in [1.807, 2.05) is 37.3 Å². The molecule has 6 rings (SSSR count). The molecule has 4 fully saturated rings. The molecule has 192 valence electrons. The third kappa shape index (κ3) is 5.04. The van der Waals surface area contributed by atoms with E-state index in [-0.39, 0.29) is 23.8 Å². The Hall–Kier alpha value is -2.77. The Balaban J connectivity index is 1.30. The maximum Gasteiger partial charge on any atom is 0.331 e. The summed E-state index contributed by atoms with van der Waals surface area (Å²) in [6, 6.07) is 16.0. The zero-order valence-corrected chi connectivity index (χ0v) is 21.1. The van der Waals surface area contributed by atoms with Crippen molar-refractivity contribution in [2.24, 2.45) is 5.92 Å². The van der Waals surface area contributed by atoms with Gasteiger partial charge in [-0.05, 0) is 56.6 Å². The Morgan fingerprint density at radius 3 is 2.47 bits per heavy atom. The van der Waals surface area contributed by atoms with Crippen molar-refractivity contribution in [1.29, 1.82) is 0 Å². The zero-order chi connectivity index (χ0) is 25.2. The molecule has 1 N–H and O–H groups in total. The highest BCUT2D eigenvalue weighted by Gasteiger charge is 2.51. The van der Waals surface area contributed by atoms with Gasteiger partial charge in [-0.25, -0.2) is 9.18 Å². The SMILES string of the molecule is C[C@@](C(=O)O[C@H]1C[N+]2(CC(=O)Nc3cccc(F)c3)CCC1CC2)(c1ccccc1)N1CCCCC1. The monoisotopic (exact) mass is 494 g/mol. The quantitative estimate of drug-likeness (QED) is 0.460. The Kier molecular flexibility index (Phi) is 7.13. The van der Waals surface area contributed by atoms with Gasteiger partial charge >= 0.3 is 5.97 Å². The molecule has 2 bridgehead atoms. The van der Waals surface area contributed by atoms with E-state index in [0.717, 1.165) is 57.4 Å². The highest BCUT2D eigenvalue weighted by Crippen LogP contribution is 2.38. The molecule has 2 aromatic rings. The number of quaternary nitrogens is 1. The third-order valence-electron chi connectivity index (χ3n) is 8.61. The summed E-state index contributed by atoms with van der Waals surface area (Å²) < 4.78 is 20.5. The smallest absolute Gasteiger partial charge is 0.331 e. The van der Waals surface area contributed by atoms with Crippen LogP contribution < -0.4 is 5.32 Å². The molecule has 0 radical (unpaired) electrons. The van der Waals surface area contributed by atoms with Gasteiger partial charge in [-0.1, -0.05) is 42.8 Å². The molecule has 2 aromatic carbocycles. The van der Waals surface area contributed by atoms with Crippen molar-refractivity contribution in [2.75, 3.05) is 44.6 Å². The topological polar surface area (TPSA) is 58.6 Å². The molecule has 1 amide bonds. The molecule has 4 heterocycles. The fourth-order valence-electron chi connectivity index (χ4n) is 6.43. The number of halogens is 1. The molecule has 4 saturated heterocycles. The van der Waals surface area contributed by atoms with Gasteiger partial charge in [0.25, 0.3) is 5.91 Å². The first-order valence-corrected chi connectivity index (χ1v) is 13.3. The molecular formula is C29H37FN3O3+. The average Bonchev–Trinajstić information content (AvgIpc) is 2.89. The second kappa shape index (κ2) is 10.3. The van der Waals surface area contributed by atoms with Crippen LogP contribution in [0.5, 0.6) is 0 Å². The number of nitrogens with one attached hydrogen (secondary N) is 1. The van der Waals surface area contributed by atoms with Crippen LogP contribution in [0, 0.1) is 11.7 Å². The number of anilines is 1. The summed E-state index contributed by atoms with van der Waals surface area (Å²) in [4.78, 5) is 29.1. The molecule has 6 nitrogen and oxygen atoms in total. The van der Waals surface area contributed by atoms with Gasteiger partial charge in [-0.15, -0.1) is 0 Å². The van der Waals surface area contributed by atoms with Crippen LogP contribution in [0.1, 0.15) is 44.6 Å². The number of likely N-dealkylation sites (tertiary alicyclic amines) is 1. The molecule has 4 aliphatic heterocycles. The minimum Gasteiger partial charge on any atom is -0.454 e. The maximum absolute atomic E-state index is 13.9. The normalized spacial score (nSPS) is 27.7. The lowest BCUT2D eigenvalue weighted by Crippen LogP contribution is -2.66. The molecule has 2 atom stereocenters. The number of benzene rings is 2. The largest absolute Gasteiger partial charge is 0.454 e. The number of hydrogen-bond donors (Lipinski definition) is 1. The highest BCUT2D eigenvalue weighted by atomic mass is 19.1. The number of nitrogens with zero attached hydrogens (tertiary/aromatic N) is 2. The van der Waals surface area contributed by atoms with Crippen molar-refractivity contribution in [1.82, 2.24) is 4.90 Å². The maximum atomic E-state index is 13.9. The van der Waals surface area contributed by atoms with Crippen LogP contribution in [0.3, 0.4) is 0 Å². The minimum absolute atomic E-state index is 0.131. The van der Waals surface area contributed by atoms with Gasteiger partial charge in [-0.3, -0.25) is 9.69 Å². The van der Waals surface area contributed by atoms with E-state index in [9.17, 15) is 14.0 Å². The van der Waals surface area contributed by atoms with E-state index >= 15 is 0 Å². The summed E-state index contributed by atoms with van der Waals surface area (Å²) in [5.41, 5.74) is 0.609. The third-order valence-corrected chi connectivity index (χ3v) is 8.61. The first-order chi connectivity index (χ1) is 17.4. The Labute approximate surface area is 213 Å². The van der Waals surface area contributed by atoms with Crippen LogP contribution >= 0.6 is 0 Å². The number of carbonyl (C=O) groups is 2. The van der Waals surface area contributed by atoms with Gasteiger partial charge in [0.05, 0.1) is 13.1 Å². The van der Waals surface area contributed by atoms with Gasteiger partial charge < -0.3 is 14.5 Å². The number of rotatable bonds is 7. The summed E-state index contributed by atoms with van der Waals surface area (Å²) >= 11 is 0. The first-order valence-electron chi connectivity index (χ1n) is 13.3. The van der Waals surface area contributed by atoms with Gasteiger partial charge in [-0.2, -0.15) is 0 Å². The van der Waals surface area contributed by atoms with E-state index in [2.05, 4.69) is 10.2 Å². The molecule has 0 unspecified atom stereocenters. The van der Waals surface area contributed by atoms with E-state index in [1.165, 1.54) is 18.6 Å². The zero-order valence-electron chi connectivity index (χ0n) is 21.1. The van der Waals surface area contributed by atoms with Gasteiger partial charge in [0.1, 0.15) is 17.9 Å². The number of fused-ring (bicyclic) bond motifs is 3. The van der Waals surface area contributed by atoms with Crippen molar-refractivity contribution in [3.8, 4) is 0 Å². The average molecular weight is 495 g/mol. The van der Waals surface area contributed by atoms with Crippen LogP contribution in [0.2, 0.25) is 0 Å². The Morgan fingerprint density at radius 1 is 1.06 bits per heavy atom. The summed E-state index contributed by atoms with van der Waals surface area (Å²) in [5.74, 6) is -0.354. The molecule has 0 spiro atoms. The van der Waals surface area contributed by atoms with Gasteiger partial charge in [0.2, 0.25) is 0 Å². The second-order valence-corrected chi connectivity index (χ2v) is 11.0. The number of esters is 1. The molecule has 0 aromatic heterocycles. The van der Waals surface area contributed by atoms with Crippen molar-refractivity contribution in [3.05, 3.63) is 66.0 Å². The van der Waals surface area contributed by atoms with Crippen LogP contribution in [-0.2, 0) is 19.9 Å². The number of piperidine rings is 4. The van der Waals surface area contributed by atoms with Crippen molar-refractivity contribution in [3.63, 3.8) is 0 Å². The summed E-state index contributed by atoms with van der Waals surface area (Å²) in [6.07, 6.45) is 5.05. The van der Waals surface area contributed by atoms with E-state index < -0.39 is 5.54 Å². The summed E-state index contributed by atoms with van der Waals surface area (Å²) in [7, 11) is 0. The number of amides is 1. The lowest BCUT2D eigenvalue weighted by Gasteiger charge is -2.52. The van der Waals surface area contributed by atoms with Crippen LogP contribution in [0.25, 0.3) is 0 Å². The van der Waals surface area contributed by atoms with E-state index in [0.29, 0.717) is 29.2 Å². The van der Waals surface area contributed by atoms with E-state index in [1.54, 1.807) is 12.1 Å². The van der Waals surface area contributed by atoms with Crippen molar-refractivity contribution in [2.45, 2.75) is 50.7 Å². The minimum atomic E-state index is -0.826. The van der Waals surface area contributed by atoms with E-state index in [4.69, 9.17) is 4.74 Å². The van der Waals surface area contributed by atoms with Crippen LogP contribution in [0.15, 0.2) is 54.6 Å². The predicted octanol–water partition coefficient (Wildman–Crippen LogP) is 4.32. The molecule has 36 heavy (non-hydrogen) atoms. The highest BCUT2D eigenvalue weighted by molar-refractivity contribution is 5.91. The lowest BCUT2D eigenvalue weighted by molar-refractivity contribution is -0.939. The van der Waals surface area contributed by atoms with Crippen LogP contribution in [-0.4, -0.2) is 66.6 Å². The lowest BCUT2D eigenvalue weighted by atomic mass is 9.82. The standard InChI is InChI=1S/C29H36FN3O3/c1-29(23-9-4-2-5-10-23,32-15-6-3-7-16-32)28(35)36-26-20-33(17-13-22(26)14-18-33)21-27(34)31-25-12-8-11-24(30)19-25/h2,4-5,8-12,19,22,26H,3,6-7,13-18,20-21H2,1H3/p+1/t22?,26-,29-,33?/m0/s1. The molecule has 4 aliphatic rings. The van der Waals surface area contributed by atoms with Crippen LogP contribution in [0.4, 0.5) is 10.1 Å². The fraction of sp³-hybridized carbons (Fsp3) is 0.517. The molecule has 0 aliphatic carbocycles. The number of hydrogen-bond acceptors (Lipinski definition) is 4. The first kappa shape index (κ1) is 24.9. The molecule has 7 heteroatoms. The second-order valence-electron chi connectivity index (χ2n) is 11.0. The van der Waals surface area contributed by atoms with Gasteiger partial charge in [0.15, 0.2) is 12.6 Å². The Morgan fingerprint density at radius 2 is 1.78 bits per heavy atom. The van der Waals surface area contributed by atoms with Crippen molar-refractivity contribution < 1.29 is 23.2 Å². The number of carbonyl (C=O) groups excluding carboxylic acids is 2. The van der Waals surface area contributed by atoms with Crippen molar-refractivity contribution >= 4 is 17.6 Å².